The van der Waals surface area contributed by atoms with E-state index in [1.165, 1.54) is 7.11 Å². The zero-order valence-electron chi connectivity index (χ0n) is 9.31. The fraction of sp³-hybridized carbons (Fsp3) is 0.300. The maximum absolute atomic E-state index is 11.2. The number of aromatic nitrogens is 3. The normalized spacial score (nSPS) is 10.7. The second kappa shape index (κ2) is 3.48. The second-order valence-corrected chi connectivity index (χ2v) is 3.49. The molecular weight excluding hydrogens is 208 g/mol. The van der Waals surface area contributed by atoms with Crippen LogP contribution in [-0.2, 0) is 7.05 Å². The predicted octanol–water partition coefficient (Wildman–Crippen LogP) is 0.384. The molecule has 0 aliphatic heterocycles. The summed E-state index contributed by atoms with van der Waals surface area (Å²) in [5.41, 5.74) is 6.99. The molecule has 16 heavy (non-hydrogen) atoms. The zero-order chi connectivity index (χ0) is 11.9. The van der Waals surface area contributed by atoms with E-state index in [1.807, 2.05) is 6.92 Å². The van der Waals surface area contributed by atoms with Gasteiger partial charge in [-0.25, -0.2) is 0 Å². The summed E-state index contributed by atoms with van der Waals surface area (Å²) in [5.74, 6) is -0.336. The Morgan fingerprint density at radius 1 is 1.56 bits per heavy atom. The number of aryl methyl sites for hydroxylation is 2. The molecular formula is C10H12N4O2. The molecule has 0 radical (unpaired) electrons. The van der Waals surface area contributed by atoms with Crippen molar-refractivity contribution in [1.29, 1.82) is 0 Å². The quantitative estimate of drug-likeness (QED) is 0.793. The standard InChI is InChI=1S/C10H12N4O2/c1-5-6-4-7(8(11)15)10(16-3)12-9(6)14(2)13-5/h4H,1-3H3,(H2,11,15). The molecule has 2 aromatic rings. The molecule has 6 heteroatoms. The van der Waals surface area contributed by atoms with E-state index in [2.05, 4.69) is 10.1 Å². The first-order valence-corrected chi connectivity index (χ1v) is 4.72. The summed E-state index contributed by atoms with van der Waals surface area (Å²) in [4.78, 5) is 15.4. The Balaban J connectivity index is 2.82. The highest BCUT2D eigenvalue weighted by Gasteiger charge is 2.15. The molecule has 0 atom stereocenters. The number of hydrogen-bond acceptors (Lipinski definition) is 4. The van der Waals surface area contributed by atoms with E-state index in [0.29, 0.717) is 5.65 Å². The van der Waals surface area contributed by atoms with Crippen LogP contribution in [-0.4, -0.2) is 27.8 Å². The van der Waals surface area contributed by atoms with Crippen LogP contribution in [0, 0.1) is 6.92 Å². The molecule has 0 bridgehead atoms. The Labute approximate surface area is 92.0 Å². The monoisotopic (exact) mass is 220 g/mol. The summed E-state index contributed by atoms with van der Waals surface area (Å²) in [6, 6.07) is 1.66. The Morgan fingerprint density at radius 3 is 2.81 bits per heavy atom. The van der Waals surface area contributed by atoms with Gasteiger partial charge in [-0.15, -0.1) is 0 Å². The Morgan fingerprint density at radius 2 is 2.25 bits per heavy atom. The molecule has 2 rings (SSSR count). The van der Waals surface area contributed by atoms with E-state index in [1.54, 1.807) is 17.8 Å². The van der Waals surface area contributed by atoms with E-state index in [4.69, 9.17) is 10.5 Å². The molecule has 0 aliphatic rings. The summed E-state index contributed by atoms with van der Waals surface area (Å²) >= 11 is 0. The minimum absolute atomic E-state index is 0.225. The van der Waals surface area contributed by atoms with Gasteiger partial charge in [0.25, 0.3) is 5.91 Å². The van der Waals surface area contributed by atoms with Crippen molar-refractivity contribution in [3.63, 3.8) is 0 Å². The highest BCUT2D eigenvalue weighted by Crippen LogP contribution is 2.23. The highest BCUT2D eigenvalue weighted by molar-refractivity contribution is 5.98. The van der Waals surface area contributed by atoms with E-state index >= 15 is 0 Å². The van der Waals surface area contributed by atoms with Crippen molar-refractivity contribution < 1.29 is 9.53 Å². The third-order valence-electron chi connectivity index (χ3n) is 2.42. The smallest absolute Gasteiger partial charge is 0.254 e. The van der Waals surface area contributed by atoms with Crippen molar-refractivity contribution in [1.82, 2.24) is 14.8 Å². The third kappa shape index (κ3) is 1.39. The Kier molecular flexibility index (Phi) is 2.26. The average molecular weight is 220 g/mol. The lowest BCUT2D eigenvalue weighted by atomic mass is 10.2. The van der Waals surface area contributed by atoms with Gasteiger partial charge in [0, 0.05) is 12.4 Å². The molecule has 0 aliphatic carbocycles. The van der Waals surface area contributed by atoms with E-state index in [0.717, 1.165) is 11.1 Å². The largest absolute Gasteiger partial charge is 0.480 e. The first-order valence-electron chi connectivity index (χ1n) is 4.72. The van der Waals surface area contributed by atoms with Crippen LogP contribution in [0.2, 0.25) is 0 Å². The minimum atomic E-state index is -0.561. The minimum Gasteiger partial charge on any atom is -0.480 e. The molecule has 0 spiro atoms. The number of carbonyl (C=O) groups excluding carboxylic acids is 1. The van der Waals surface area contributed by atoms with E-state index < -0.39 is 5.91 Å². The van der Waals surface area contributed by atoms with Crippen LogP contribution in [0.25, 0.3) is 11.0 Å². The number of hydrogen-bond donors (Lipinski definition) is 1. The Hall–Kier alpha value is -2.11. The van der Waals surface area contributed by atoms with Crippen LogP contribution in [0.5, 0.6) is 5.88 Å². The van der Waals surface area contributed by atoms with Crippen LogP contribution in [0.3, 0.4) is 0 Å². The van der Waals surface area contributed by atoms with Crippen LogP contribution in [0.1, 0.15) is 16.1 Å². The number of nitrogens with two attached hydrogens (primary N) is 1. The molecule has 2 aromatic heterocycles. The molecule has 2 N–H and O–H groups in total. The van der Waals surface area contributed by atoms with Crippen molar-refractivity contribution in [3.05, 3.63) is 17.3 Å². The molecule has 6 nitrogen and oxygen atoms in total. The maximum atomic E-state index is 11.2. The van der Waals surface area contributed by atoms with E-state index in [-0.39, 0.29) is 11.4 Å². The molecule has 1 amide bonds. The number of amides is 1. The van der Waals surface area contributed by atoms with Crippen molar-refractivity contribution in [2.45, 2.75) is 6.92 Å². The zero-order valence-corrected chi connectivity index (χ0v) is 9.31. The second-order valence-electron chi connectivity index (χ2n) is 3.49. The van der Waals surface area contributed by atoms with Gasteiger partial charge in [-0.1, -0.05) is 0 Å². The van der Waals surface area contributed by atoms with Crippen molar-refractivity contribution in [3.8, 4) is 5.88 Å². The topological polar surface area (TPSA) is 83.0 Å². The van der Waals surface area contributed by atoms with Crippen LogP contribution < -0.4 is 10.5 Å². The summed E-state index contributed by atoms with van der Waals surface area (Å²) in [5, 5.41) is 5.02. The summed E-state index contributed by atoms with van der Waals surface area (Å²) < 4.78 is 6.66. The van der Waals surface area contributed by atoms with Gasteiger partial charge in [0.1, 0.15) is 5.56 Å². The van der Waals surface area contributed by atoms with Crippen LogP contribution >= 0.6 is 0 Å². The number of fused-ring (bicyclic) bond motifs is 1. The first-order chi connectivity index (χ1) is 7.54. The number of methoxy groups -OCH3 is 1. The maximum Gasteiger partial charge on any atom is 0.254 e. The van der Waals surface area contributed by atoms with Gasteiger partial charge in [0.05, 0.1) is 12.8 Å². The summed E-state index contributed by atoms with van der Waals surface area (Å²) in [7, 11) is 3.23. The van der Waals surface area contributed by atoms with Crippen molar-refractivity contribution in [2.24, 2.45) is 12.8 Å². The van der Waals surface area contributed by atoms with E-state index in [9.17, 15) is 4.79 Å². The van der Waals surface area contributed by atoms with Gasteiger partial charge in [-0.05, 0) is 13.0 Å². The number of pyridine rings is 1. The number of nitrogens with zero attached hydrogens (tertiary/aromatic N) is 3. The number of rotatable bonds is 2. The third-order valence-corrected chi connectivity index (χ3v) is 2.42. The fourth-order valence-corrected chi connectivity index (χ4v) is 1.66. The van der Waals surface area contributed by atoms with Gasteiger partial charge < -0.3 is 10.5 Å². The van der Waals surface area contributed by atoms with Gasteiger partial charge in [-0.2, -0.15) is 10.1 Å². The summed E-state index contributed by atoms with van der Waals surface area (Å²) in [6.45, 7) is 1.85. The van der Waals surface area contributed by atoms with Gasteiger partial charge in [0.2, 0.25) is 5.88 Å². The lowest BCUT2D eigenvalue weighted by molar-refractivity contribution is 0.0997. The predicted molar refractivity (Wildman–Crippen MR) is 58.3 cm³/mol. The molecule has 0 saturated heterocycles. The lowest BCUT2D eigenvalue weighted by Crippen LogP contribution is -2.13. The molecule has 2 heterocycles. The molecule has 0 aromatic carbocycles. The van der Waals surface area contributed by atoms with Crippen LogP contribution in [0.4, 0.5) is 0 Å². The van der Waals surface area contributed by atoms with Gasteiger partial charge >= 0.3 is 0 Å². The molecule has 0 saturated carbocycles. The molecule has 0 unspecified atom stereocenters. The molecule has 0 fully saturated rings. The molecule has 84 valence electrons. The number of ether oxygens (including phenoxy) is 1. The van der Waals surface area contributed by atoms with Crippen molar-refractivity contribution in [2.75, 3.05) is 7.11 Å². The van der Waals surface area contributed by atoms with Gasteiger partial charge in [-0.3, -0.25) is 9.48 Å². The first kappa shape index (κ1) is 10.4. The average Bonchev–Trinajstić information content (AvgIpc) is 2.52. The Bertz CT molecular complexity index is 574. The van der Waals surface area contributed by atoms with Crippen molar-refractivity contribution >= 4 is 16.9 Å². The number of primary amides is 1. The SMILES string of the molecule is COc1nc2c(cc1C(N)=O)c(C)nn2C. The van der Waals surface area contributed by atoms with Gasteiger partial charge in [0.15, 0.2) is 5.65 Å². The fourth-order valence-electron chi connectivity index (χ4n) is 1.66. The highest BCUT2D eigenvalue weighted by atomic mass is 16.5. The van der Waals surface area contributed by atoms with Crippen LogP contribution in [0.15, 0.2) is 6.07 Å². The lowest BCUT2D eigenvalue weighted by Gasteiger charge is -2.04. The summed E-state index contributed by atoms with van der Waals surface area (Å²) in [6.07, 6.45) is 0. The number of carbonyl (C=O) groups is 1.